The van der Waals surface area contributed by atoms with Gasteiger partial charge in [0.25, 0.3) is 5.91 Å². The van der Waals surface area contributed by atoms with Crippen LogP contribution < -0.4 is 15.4 Å². The first-order valence-corrected chi connectivity index (χ1v) is 10.2. The fraction of sp³-hybridized carbons (Fsp3) is 0.421. The number of carbonyl (C=O) groups is 2. The average molecular weight is 404 g/mol. The normalized spacial score (nSPS) is 13.6. The Morgan fingerprint density at radius 3 is 2.82 bits per heavy atom. The zero-order chi connectivity index (χ0) is 19.9. The molecule has 8 nitrogen and oxygen atoms in total. The second-order valence-corrected chi connectivity index (χ2v) is 7.32. The van der Waals surface area contributed by atoms with Crippen molar-refractivity contribution in [2.24, 2.45) is 0 Å². The molecule has 2 amide bonds. The molecule has 1 aliphatic rings. The van der Waals surface area contributed by atoms with Crippen LogP contribution in [0, 0.1) is 0 Å². The Labute approximate surface area is 168 Å². The summed E-state index contributed by atoms with van der Waals surface area (Å²) in [5.74, 6) is 2.24. The van der Waals surface area contributed by atoms with Gasteiger partial charge in [-0.1, -0.05) is 18.2 Å². The van der Waals surface area contributed by atoms with Crippen LogP contribution in [-0.2, 0) is 32.4 Å². The van der Waals surface area contributed by atoms with E-state index in [4.69, 9.17) is 9.47 Å². The van der Waals surface area contributed by atoms with Crippen LogP contribution in [0.25, 0.3) is 0 Å². The van der Waals surface area contributed by atoms with Gasteiger partial charge < -0.3 is 20.1 Å². The molecule has 0 aliphatic carbocycles. The minimum Gasteiger partial charge on any atom is -0.481 e. The van der Waals surface area contributed by atoms with E-state index in [1.54, 1.807) is 42.6 Å². The second kappa shape index (κ2) is 9.61. The smallest absolute Gasteiger partial charge is 0.266 e. The molecule has 28 heavy (non-hydrogen) atoms. The van der Waals surface area contributed by atoms with Gasteiger partial charge in [0.15, 0.2) is 6.10 Å². The lowest BCUT2D eigenvalue weighted by atomic mass is 10.2. The minimum absolute atomic E-state index is 0.0327. The molecule has 0 saturated heterocycles. The molecular weight excluding hydrogens is 380 g/mol. The van der Waals surface area contributed by atoms with Crippen molar-refractivity contribution in [3.63, 3.8) is 0 Å². The summed E-state index contributed by atoms with van der Waals surface area (Å²) < 4.78 is 12.2. The topological polar surface area (TPSA) is 94.5 Å². The summed E-state index contributed by atoms with van der Waals surface area (Å²) in [6, 6.07) is 9.18. The Balaban J connectivity index is 1.68. The van der Waals surface area contributed by atoms with Crippen LogP contribution in [0.1, 0.15) is 18.2 Å². The number of para-hydroxylation sites is 1. The zero-order valence-electron chi connectivity index (χ0n) is 15.9. The first-order valence-electron chi connectivity index (χ1n) is 9.03. The number of carbonyl (C=O) groups excluding carboxylic acids is 2. The van der Waals surface area contributed by atoms with E-state index >= 15 is 0 Å². The molecule has 9 heteroatoms. The molecule has 2 N–H and O–H groups in total. The minimum atomic E-state index is -0.689. The Bertz CT molecular complexity index is 825. The second-order valence-electron chi connectivity index (χ2n) is 6.33. The number of ether oxygens (including phenoxy) is 2. The quantitative estimate of drug-likeness (QED) is 0.619. The predicted molar refractivity (Wildman–Crippen MR) is 107 cm³/mol. The molecule has 0 bridgehead atoms. The number of thioether (sulfide) groups is 1. The van der Waals surface area contributed by atoms with E-state index in [0.29, 0.717) is 24.7 Å². The van der Waals surface area contributed by atoms with Gasteiger partial charge in [0.05, 0.1) is 12.3 Å². The zero-order valence-corrected chi connectivity index (χ0v) is 16.8. The van der Waals surface area contributed by atoms with Crippen LogP contribution in [-0.4, -0.2) is 48.0 Å². The lowest BCUT2D eigenvalue weighted by molar-refractivity contribution is -0.123. The highest BCUT2D eigenvalue weighted by atomic mass is 32.2. The monoisotopic (exact) mass is 404 g/mol. The molecule has 0 fully saturated rings. The van der Waals surface area contributed by atoms with Crippen molar-refractivity contribution in [1.82, 2.24) is 15.1 Å². The van der Waals surface area contributed by atoms with E-state index in [0.717, 1.165) is 22.8 Å². The number of rotatable bonds is 9. The van der Waals surface area contributed by atoms with Gasteiger partial charge in [-0.05, 0) is 19.1 Å². The number of hydrogen-bond acceptors (Lipinski definition) is 6. The molecule has 0 saturated carbocycles. The highest BCUT2D eigenvalue weighted by Crippen LogP contribution is 2.34. The summed E-state index contributed by atoms with van der Waals surface area (Å²) in [5.41, 5.74) is 1.87. The average Bonchev–Trinajstić information content (AvgIpc) is 3.25. The molecule has 150 valence electrons. The van der Waals surface area contributed by atoms with Crippen molar-refractivity contribution in [2.45, 2.75) is 31.1 Å². The summed E-state index contributed by atoms with van der Waals surface area (Å²) in [7, 11) is 1.58. The summed E-state index contributed by atoms with van der Waals surface area (Å²) >= 11 is 1.73. The van der Waals surface area contributed by atoms with Gasteiger partial charge in [0.2, 0.25) is 5.91 Å². The third kappa shape index (κ3) is 5.05. The SMILES string of the molecule is COCCNC(=O)Cn1nc2c(c1NC(=O)[C@@H](C)Oc1ccccc1)CSC2. The Kier molecular flexibility index (Phi) is 6.94. The maximum absolute atomic E-state index is 12.7. The molecule has 1 atom stereocenters. The van der Waals surface area contributed by atoms with Crippen molar-refractivity contribution < 1.29 is 19.1 Å². The number of anilines is 1. The molecule has 2 aromatic rings. The van der Waals surface area contributed by atoms with Crippen LogP contribution >= 0.6 is 11.8 Å². The standard InChI is InChI=1S/C19H24N4O4S/c1-13(27-14-6-4-3-5-7-14)19(25)21-18-15-11-28-12-16(15)22-23(18)10-17(24)20-8-9-26-2/h3-7,13H,8-12H2,1-2H3,(H,20,24)(H,21,25)/t13-/m1/s1. The number of benzene rings is 1. The number of amides is 2. The van der Waals surface area contributed by atoms with Crippen LogP contribution in [0.3, 0.4) is 0 Å². The van der Waals surface area contributed by atoms with Gasteiger partial charge in [0, 0.05) is 30.7 Å². The first kappa shape index (κ1) is 20.2. The van der Waals surface area contributed by atoms with Gasteiger partial charge in [0.1, 0.15) is 18.1 Å². The van der Waals surface area contributed by atoms with E-state index in [9.17, 15) is 9.59 Å². The highest BCUT2D eigenvalue weighted by molar-refractivity contribution is 7.98. The van der Waals surface area contributed by atoms with Gasteiger partial charge in [-0.2, -0.15) is 16.9 Å². The third-order valence-corrected chi connectivity index (χ3v) is 5.18. The highest BCUT2D eigenvalue weighted by Gasteiger charge is 2.26. The molecule has 1 aromatic heterocycles. The van der Waals surface area contributed by atoms with Crippen molar-refractivity contribution in [3.8, 4) is 5.75 Å². The predicted octanol–water partition coefficient (Wildman–Crippen LogP) is 1.80. The van der Waals surface area contributed by atoms with Gasteiger partial charge in [-0.25, -0.2) is 4.68 Å². The lowest BCUT2D eigenvalue weighted by Crippen LogP contribution is -2.33. The van der Waals surface area contributed by atoms with E-state index in [1.807, 2.05) is 18.2 Å². The summed E-state index contributed by atoms with van der Waals surface area (Å²) in [6.45, 7) is 2.59. The van der Waals surface area contributed by atoms with Gasteiger partial charge in [-0.3, -0.25) is 9.59 Å². The molecule has 1 aromatic carbocycles. The number of nitrogens with zero attached hydrogens (tertiary/aromatic N) is 2. The third-order valence-electron chi connectivity index (χ3n) is 4.21. The number of hydrogen-bond donors (Lipinski definition) is 2. The number of nitrogens with one attached hydrogen (secondary N) is 2. The Morgan fingerprint density at radius 2 is 2.07 bits per heavy atom. The number of methoxy groups -OCH3 is 1. The van der Waals surface area contributed by atoms with Gasteiger partial charge >= 0.3 is 0 Å². The molecule has 0 radical (unpaired) electrons. The fourth-order valence-corrected chi connectivity index (χ4v) is 3.81. The number of aromatic nitrogens is 2. The van der Waals surface area contributed by atoms with E-state index in [1.165, 1.54) is 0 Å². The maximum Gasteiger partial charge on any atom is 0.266 e. The summed E-state index contributed by atoms with van der Waals surface area (Å²) in [5, 5.41) is 10.2. The van der Waals surface area contributed by atoms with Crippen LogP contribution in [0.2, 0.25) is 0 Å². The summed E-state index contributed by atoms with van der Waals surface area (Å²) in [4.78, 5) is 24.8. The molecule has 0 spiro atoms. The maximum atomic E-state index is 12.7. The molecular formula is C19H24N4O4S. The summed E-state index contributed by atoms with van der Waals surface area (Å²) in [6.07, 6.45) is -0.689. The van der Waals surface area contributed by atoms with Crippen LogP contribution in [0.5, 0.6) is 5.75 Å². The molecule has 2 heterocycles. The van der Waals surface area contributed by atoms with Gasteiger partial charge in [-0.15, -0.1) is 0 Å². The van der Waals surface area contributed by atoms with E-state index in [-0.39, 0.29) is 18.4 Å². The van der Waals surface area contributed by atoms with Crippen molar-refractivity contribution in [2.75, 3.05) is 25.6 Å². The Morgan fingerprint density at radius 1 is 1.29 bits per heavy atom. The fourth-order valence-electron chi connectivity index (χ4n) is 2.78. The van der Waals surface area contributed by atoms with Crippen LogP contribution in [0.15, 0.2) is 30.3 Å². The molecule has 0 unspecified atom stereocenters. The van der Waals surface area contributed by atoms with Crippen molar-refractivity contribution in [1.29, 1.82) is 0 Å². The molecule has 3 rings (SSSR count). The largest absolute Gasteiger partial charge is 0.481 e. The lowest BCUT2D eigenvalue weighted by Gasteiger charge is -2.16. The Hall–Kier alpha value is -2.52. The van der Waals surface area contributed by atoms with E-state index in [2.05, 4.69) is 15.7 Å². The first-order chi connectivity index (χ1) is 13.6. The van der Waals surface area contributed by atoms with Crippen LogP contribution in [0.4, 0.5) is 5.82 Å². The number of fused-ring (bicyclic) bond motifs is 1. The molecule has 1 aliphatic heterocycles. The van der Waals surface area contributed by atoms with Crippen molar-refractivity contribution >= 4 is 29.4 Å². The van der Waals surface area contributed by atoms with Crippen molar-refractivity contribution in [3.05, 3.63) is 41.6 Å². The van der Waals surface area contributed by atoms with E-state index < -0.39 is 6.10 Å².